The number of ether oxygens (including phenoxy) is 3. The van der Waals surface area contributed by atoms with Crippen LogP contribution in [0.3, 0.4) is 0 Å². The second-order valence-electron chi connectivity index (χ2n) is 7.42. The number of likely N-dealkylation sites (tertiary alicyclic amines) is 1. The van der Waals surface area contributed by atoms with Gasteiger partial charge in [0.1, 0.15) is 19.0 Å². The summed E-state index contributed by atoms with van der Waals surface area (Å²) in [6.45, 7) is 1.67. The van der Waals surface area contributed by atoms with Crippen molar-refractivity contribution >= 4 is 17.4 Å². The SMILES string of the molecule is O=C(c1ccc2c(c1)OCCO2)C1CCN(C(=O)COc2cccc([N+](=O)[O-])c2)CC1. The molecule has 1 saturated heterocycles. The van der Waals surface area contributed by atoms with Gasteiger partial charge in [-0.3, -0.25) is 19.7 Å². The lowest BCUT2D eigenvalue weighted by molar-refractivity contribution is -0.384. The number of nitrogens with zero attached hydrogens (tertiary/aromatic N) is 2. The number of piperidine rings is 1. The van der Waals surface area contributed by atoms with Crippen LogP contribution in [0.5, 0.6) is 17.2 Å². The fourth-order valence-electron chi connectivity index (χ4n) is 3.75. The van der Waals surface area contributed by atoms with Gasteiger partial charge >= 0.3 is 0 Å². The van der Waals surface area contributed by atoms with Gasteiger partial charge in [-0.05, 0) is 37.1 Å². The van der Waals surface area contributed by atoms with Gasteiger partial charge in [0.2, 0.25) is 0 Å². The number of Topliss-reactive ketones (excluding diaryl/α,β-unsaturated/α-hetero) is 1. The number of fused-ring (bicyclic) bond motifs is 1. The second kappa shape index (κ2) is 9.03. The minimum atomic E-state index is -0.516. The predicted molar refractivity (Wildman–Crippen MR) is 110 cm³/mol. The highest BCUT2D eigenvalue weighted by Crippen LogP contribution is 2.32. The Bertz CT molecular complexity index is 999. The molecule has 9 nitrogen and oxygen atoms in total. The Morgan fingerprint density at radius 1 is 1.06 bits per heavy atom. The highest BCUT2D eigenvalue weighted by molar-refractivity contribution is 5.98. The molecule has 0 N–H and O–H groups in total. The van der Waals surface area contributed by atoms with E-state index in [1.165, 1.54) is 18.2 Å². The summed E-state index contributed by atoms with van der Waals surface area (Å²) in [5.41, 5.74) is 0.492. The third-order valence-electron chi connectivity index (χ3n) is 5.44. The molecule has 4 rings (SSSR count). The fourth-order valence-corrected chi connectivity index (χ4v) is 3.75. The number of carbonyl (C=O) groups excluding carboxylic acids is 2. The largest absolute Gasteiger partial charge is 0.486 e. The van der Waals surface area contributed by atoms with Crippen LogP contribution in [0.4, 0.5) is 5.69 Å². The van der Waals surface area contributed by atoms with Crippen LogP contribution >= 0.6 is 0 Å². The van der Waals surface area contributed by atoms with Gasteiger partial charge in [-0.25, -0.2) is 0 Å². The number of hydrogen-bond donors (Lipinski definition) is 0. The van der Waals surface area contributed by atoms with Crippen molar-refractivity contribution in [2.24, 2.45) is 5.92 Å². The van der Waals surface area contributed by atoms with Crippen molar-refractivity contribution in [2.75, 3.05) is 32.9 Å². The summed E-state index contributed by atoms with van der Waals surface area (Å²) < 4.78 is 16.5. The zero-order valence-corrected chi connectivity index (χ0v) is 16.8. The maximum absolute atomic E-state index is 12.9. The summed E-state index contributed by atoms with van der Waals surface area (Å²) in [5.74, 6) is 1.17. The molecule has 31 heavy (non-hydrogen) atoms. The van der Waals surface area contributed by atoms with Gasteiger partial charge in [-0.2, -0.15) is 0 Å². The number of amides is 1. The highest BCUT2D eigenvalue weighted by atomic mass is 16.6. The summed E-state index contributed by atoms with van der Waals surface area (Å²) in [7, 11) is 0. The van der Waals surface area contributed by atoms with Crippen LogP contribution in [0.2, 0.25) is 0 Å². The van der Waals surface area contributed by atoms with E-state index in [9.17, 15) is 19.7 Å². The molecule has 0 unspecified atom stereocenters. The number of rotatable bonds is 6. The van der Waals surface area contributed by atoms with Crippen LogP contribution in [0.25, 0.3) is 0 Å². The lowest BCUT2D eigenvalue weighted by Crippen LogP contribution is -2.42. The number of non-ortho nitro benzene ring substituents is 1. The van der Waals surface area contributed by atoms with E-state index in [0.29, 0.717) is 56.2 Å². The third kappa shape index (κ3) is 4.76. The molecule has 0 radical (unpaired) electrons. The van der Waals surface area contributed by atoms with Crippen molar-refractivity contribution in [1.29, 1.82) is 0 Å². The molecule has 2 heterocycles. The summed E-state index contributed by atoms with van der Waals surface area (Å²) in [4.78, 5) is 37.3. The maximum Gasteiger partial charge on any atom is 0.273 e. The minimum Gasteiger partial charge on any atom is -0.486 e. The Labute approximate surface area is 178 Å². The Morgan fingerprint density at radius 3 is 2.55 bits per heavy atom. The Kier molecular flexibility index (Phi) is 6.01. The number of benzene rings is 2. The average molecular weight is 426 g/mol. The van der Waals surface area contributed by atoms with E-state index in [-0.39, 0.29) is 35.7 Å². The van der Waals surface area contributed by atoms with E-state index < -0.39 is 4.92 Å². The van der Waals surface area contributed by atoms with E-state index in [1.807, 2.05) is 0 Å². The Morgan fingerprint density at radius 2 is 1.81 bits per heavy atom. The molecule has 2 aliphatic heterocycles. The van der Waals surface area contributed by atoms with Crippen molar-refractivity contribution in [3.05, 3.63) is 58.1 Å². The summed E-state index contributed by atoms with van der Waals surface area (Å²) in [6.07, 6.45) is 1.13. The quantitative estimate of drug-likeness (QED) is 0.397. The molecular weight excluding hydrogens is 404 g/mol. The molecule has 2 aromatic carbocycles. The first-order valence-corrected chi connectivity index (χ1v) is 10.1. The van der Waals surface area contributed by atoms with Crippen LogP contribution in [-0.4, -0.2) is 54.4 Å². The van der Waals surface area contributed by atoms with Crippen LogP contribution in [0, 0.1) is 16.0 Å². The van der Waals surface area contributed by atoms with Crippen LogP contribution in [-0.2, 0) is 4.79 Å². The number of carbonyl (C=O) groups is 2. The number of nitro groups is 1. The molecule has 0 aliphatic carbocycles. The minimum absolute atomic E-state index is 0.0388. The van der Waals surface area contributed by atoms with Gasteiger partial charge in [0.25, 0.3) is 11.6 Å². The van der Waals surface area contributed by atoms with Crippen molar-refractivity contribution < 1.29 is 28.7 Å². The van der Waals surface area contributed by atoms with Gasteiger partial charge in [0.05, 0.1) is 11.0 Å². The molecule has 2 aromatic rings. The standard InChI is InChI=1S/C22H22N2O7/c25-21(14-31-18-3-1-2-17(13-18)24(27)28)23-8-6-15(7-9-23)22(26)16-4-5-19-20(12-16)30-11-10-29-19/h1-5,12-13,15H,6-11,14H2. The van der Waals surface area contributed by atoms with Crippen molar-refractivity contribution in [1.82, 2.24) is 4.90 Å². The topological polar surface area (TPSA) is 108 Å². The predicted octanol–water partition coefficient (Wildman–Crippen LogP) is 2.87. The van der Waals surface area contributed by atoms with Crippen molar-refractivity contribution in [3.63, 3.8) is 0 Å². The second-order valence-corrected chi connectivity index (χ2v) is 7.42. The van der Waals surface area contributed by atoms with Crippen molar-refractivity contribution in [2.45, 2.75) is 12.8 Å². The van der Waals surface area contributed by atoms with Crippen LogP contribution < -0.4 is 14.2 Å². The third-order valence-corrected chi connectivity index (χ3v) is 5.44. The first-order valence-electron chi connectivity index (χ1n) is 10.1. The van der Waals surface area contributed by atoms with Crippen molar-refractivity contribution in [3.8, 4) is 17.2 Å². The summed E-state index contributed by atoms with van der Waals surface area (Å²) in [5, 5.41) is 10.8. The molecule has 0 saturated carbocycles. The first kappa shape index (κ1) is 20.6. The first-order chi connectivity index (χ1) is 15.0. The number of ketones is 1. The normalized spacial score (nSPS) is 15.9. The molecule has 0 spiro atoms. The molecule has 2 aliphatic rings. The van der Waals surface area contributed by atoms with Gasteiger partial charge < -0.3 is 19.1 Å². The molecule has 1 fully saturated rings. The highest BCUT2D eigenvalue weighted by Gasteiger charge is 2.29. The molecule has 162 valence electrons. The van der Waals surface area contributed by atoms with E-state index >= 15 is 0 Å². The average Bonchev–Trinajstić information content (AvgIpc) is 2.82. The molecule has 0 bridgehead atoms. The van der Waals surface area contributed by atoms with E-state index in [1.54, 1.807) is 29.2 Å². The van der Waals surface area contributed by atoms with E-state index in [0.717, 1.165) is 0 Å². The zero-order valence-electron chi connectivity index (χ0n) is 16.8. The summed E-state index contributed by atoms with van der Waals surface area (Å²) in [6, 6.07) is 10.9. The lowest BCUT2D eigenvalue weighted by atomic mass is 9.88. The molecule has 0 atom stereocenters. The molecular formula is C22H22N2O7. The van der Waals surface area contributed by atoms with Crippen LogP contribution in [0.1, 0.15) is 23.2 Å². The van der Waals surface area contributed by atoms with Gasteiger partial charge in [0.15, 0.2) is 23.9 Å². The number of nitro benzene ring substituents is 1. The molecule has 1 amide bonds. The molecule has 0 aromatic heterocycles. The van der Waals surface area contributed by atoms with E-state index in [4.69, 9.17) is 14.2 Å². The molecule has 9 heteroatoms. The maximum atomic E-state index is 12.9. The monoisotopic (exact) mass is 426 g/mol. The smallest absolute Gasteiger partial charge is 0.273 e. The van der Waals surface area contributed by atoms with E-state index in [2.05, 4.69) is 0 Å². The summed E-state index contributed by atoms with van der Waals surface area (Å²) >= 11 is 0. The zero-order chi connectivity index (χ0) is 21.8. The lowest BCUT2D eigenvalue weighted by Gasteiger charge is -2.31. The number of hydrogen-bond acceptors (Lipinski definition) is 7. The Hall–Kier alpha value is -3.62. The Balaban J connectivity index is 1.29. The van der Waals surface area contributed by atoms with Crippen LogP contribution in [0.15, 0.2) is 42.5 Å². The van der Waals surface area contributed by atoms with Gasteiger partial charge in [-0.15, -0.1) is 0 Å². The fraction of sp³-hybridized carbons (Fsp3) is 0.364. The van der Waals surface area contributed by atoms with Gasteiger partial charge in [0, 0.05) is 30.6 Å². The van der Waals surface area contributed by atoms with Gasteiger partial charge in [-0.1, -0.05) is 6.07 Å².